The van der Waals surface area contributed by atoms with Gasteiger partial charge in [0.2, 0.25) is 5.91 Å². The van der Waals surface area contributed by atoms with Gasteiger partial charge in [-0.05, 0) is 37.8 Å². The lowest BCUT2D eigenvalue weighted by molar-refractivity contribution is -0.143. The van der Waals surface area contributed by atoms with Gasteiger partial charge in [0.05, 0.1) is 0 Å². The summed E-state index contributed by atoms with van der Waals surface area (Å²) in [7, 11) is 0. The number of amides is 4. The van der Waals surface area contributed by atoms with Crippen LogP contribution in [0.25, 0.3) is 0 Å². The molecular formula is C23H29N5O3. The first-order valence-corrected chi connectivity index (χ1v) is 11.0. The van der Waals surface area contributed by atoms with E-state index < -0.39 is 5.54 Å². The summed E-state index contributed by atoms with van der Waals surface area (Å²) >= 11 is 0. The number of imide groups is 1. The molecule has 0 aliphatic carbocycles. The number of nitrogens with zero attached hydrogens (tertiary/aromatic N) is 5. The first-order chi connectivity index (χ1) is 15.0. The molecule has 1 atom stereocenters. The molecule has 1 unspecified atom stereocenters. The van der Waals surface area contributed by atoms with Crippen LogP contribution >= 0.6 is 0 Å². The fourth-order valence-corrected chi connectivity index (χ4v) is 4.78. The molecule has 1 spiro atoms. The average Bonchev–Trinajstić information content (AvgIpc) is 3.38. The minimum absolute atomic E-state index is 0.0137. The molecule has 164 valence electrons. The summed E-state index contributed by atoms with van der Waals surface area (Å²) in [6, 6.07) is 11.0. The highest BCUT2D eigenvalue weighted by Crippen LogP contribution is 2.38. The number of hydrogen-bond donors (Lipinski definition) is 0. The van der Waals surface area contributed by atoms with Crippen LogP contribution in [0, 0.1) is 0 Å². The number of benzene rings is 1. The number of carbonyl (C=O) groups is 3. The molecule has 4 amide bonds. The van der Waals surface area contributed by atoms with Gasteiger partial charge in [0.15, 0.2) is 0 Å². The molecule has 2 aromatic rings. The Morgan fingerprint density at radius 1 is 1.10 bits per heavy atom. The number of urea groups is 1. The second-order valence-corrected chi connectivity index (χ2v) is 8.17. The molecule has 2 aliphatic heterocycles. The second kappa shape index (κ2) is 8.53. The lowest BCUT2D eigenvalue weighted by Gasteiger charge is -2.43. The van der Waals surface area contributed by atoms with Crippen molar-refractivity contribution in [3.05, 3.63) is 54.4 Å². The highest BCUT2D eigenvalue weighted by molar-refractivity contribution is 6.07. The van der Waals surface area contributed by atoms with Gasteiger partial charge in [-0.1, -0.05) is 37.3 Å². The monoisotopic (exact) mass is 423 g/mol. The summed E-state index contributed by atoms with van der Waals surface area (Å²) in [5, 5.41) is 4.23. The molecule has 0 bridgehead atoms. The molecular weight excluding hydrogens is 394 g/mol. The quantitative estimate of drug-likeness (QED) is 0.669. The number of carbonyl (C=O) groups excluding carboxylic acids is 3. The average molecular weight is 424 g/mol. The number of hydrogen-bond acceptors (Lipinski definition) is 4. The van der Waals surface area contributed by atoms with E-state index in [-0.39, 0.29) is 23.9 Å². The van der Waals surface area contributed by atoms with Crippen LogP contribution < -0.4 is 0 Å². The summed E-state index contributed by atoms with van der Waals surface area (Å²) in [6.07, 6.45) is 5.01. The molecule has 8 heteroatoms. The van der Waals surface area contributed by atoms with Gasteiger partial charge in [-0.25, -0.2) is 4.79 Å². The number of aromatic nitrogens is 2. The van der Waals surface area contributed by atoms with Gasteiger partial charge in [0, 0.05) is 38.6 Å². The van der Waals surface area contributed by atoms with Crippen molar-refractivity contribution >= 4 is 17.8 Å². The lowest BCUT2D eigenvalue weighted by atomic mass is 9.85. The van der Waals surface area contributed by atoms with Crippen molar-refractivity contribution < 1.29 is 14.4 Å². The van der Waals surface area contributed by atoms with Gasteiger partial charge in [-0.15, -0.1) is 0 Å². The van der Waals surface area contributed by atoms with E-state index in [1.54, 1.807) is 22.0 Å². The van der Waals surface area contributed by atoms with E-state index in [9.17, 15) is 14.4 Å². The third-order valence-corrected chi connectivity index (χ3v) is 6.54. The number of likely N-dealkylation sites (N-methyl/N-ethyl adjacent to an activating group) is 1. The minimum atomic E-state index is -0.882. The molecule has 2 fully saturated rings. The van der Waals surface area contributed by atoms with E-state index in [0.29, 0.717) is 45.4 Å². The van der Waals surface area contributed by atoms with Crippen LogP contribution in [0.3, 0.4) is 0 Å². The van der Waals surface area contributed by atoms with Gasteiger partial charge in [0.1, 0.15) is 11.6 Å². The van der Waals surface area contributed by atoms with Crippen molar-refractivity contribution in [3.63, 3.8) is 0 Å². The smallest absolute Gasteiger partial charge is 0.327 e. The highest BCUT2D eigenvalue weighted by atomic mass is 16.2. The van der Waals surface area contributed by atoms with Crippen molar-refractivity contribution in [2.24, 2.45) is 0 Å². The third kappa shape index (κ3) is 3.60. The SMILES string of the molecule is CCC(C(=O)N1CCC2(CC1)C(=O)N(CC)C(=O)N2Cc1ccccc1)n1cccn1. The maximum absolute atomic E-state index is 13.3. The first kappa shape index (κ1) is 21.1. The Morgan fingerprint density at radius 2 is 1.81 bits per heavy atom. The van der Waals surface area contributed by atoms with Gasteiger partial charge in [-0.2, -0.15) is 5.10 Å². The Bertz CT molecular complexity index is 935. The largest absolute Gasteiger partial charge is 0.341 e. The van der Waals surface area contributed by atoms with Gasteiger partial charge < -0.3 is 9.80 Å². The fourth-order valence-electron chi connectivity index (χ4n) is 4.78. The molecule has 2 saturated heterocycles. The molecule has 0 N–H and O–H groups in total. The van der Waals surface area contributed by atoms with Crippen molar-refractivity contribution in [2.75, 3.05) is 19.6 Å². The predicted molar refractivity (Wildman–Crippen MR) is 115 cm³/mol. The molecule has 31 heavy (non-hydrogen) atoms. The van der Waals surface area contributed by atoms with Crippen LogP contribution in [0.15, 0.2) is 48.8 Å². The first-order valence-electron chi connectivity index (χ1n) is 11.0. The maximum Gasteiger partial charge on any atom is 0.327 e. The summed E-state index contributed by atoms with van der Waals surface area (Å²) in [5.41, 5.74) is 0.108. The molecule has 3 heterocycles. The Morgan fingerprint density at radius 3 is 2.39 bits per heavy atom. The Kier molecular flexibility index (Phi) is 5.80. The van der Waals surface area contributed by atoms with Crippen LogP contribution in [0.4, 0.5) is 4.79 Å². The summed E-state index contributed by atoms with van der Waals surface area (Å²) in [5.74, 6) is -0.123. The topological polar surface area (TPSA) is 78.8 Å². The van der Waals surface area contributed by atoms with Crippen LogP contribution in [0.5, 0.6) is 0 Å². The zero-order valence-corrected chi connectivity index (χ0v) is 18.1. The van der Waals surface area contributed by atoms with E-state index in [1.165, 1.54) is 4.90 Å². The molecule has 2 aliphatic rings. The van der Waals surface area contributed by atoms with E-state index >= 15 is 0 Å². The lowest BCUT2D eigenvalue weighted by Crippen LogP contribution is -2.57. The van der Waals surface area contributed by atoms with Crippen molar-refractivity contribution in [3.8, 4) is 0 Å². The number of piperidine rings is 1. The second-order valence-electron chi connectivity index (χ2n) is 8.17. The molecule has 1 aromatic carbocycles. The molecule has 4 rings (SSSR count). The van der Waals surface area contributed by atoms with E-state index in [4.69, 9.17) is 0 Å². The van der Waals surface area contributed by atoms with Crippen molar-refractivity contribution in [1.29, 1.82) is 0 Å². The Labute approximate surface area is 182 Å². The Balaban J connectivity index is 1.54. The summed E-state index contributed by atoms with van der Waals surface area (Å²) < 4.78 is 1.69. The van der Waals surface area contributed by atoms with Gasteiger partial charge in [0.25, 0.3) is 5.91 Å². The zero-order chi connectivity index (χ0) is 22.0. The Hall–Kier alpha value is -3.16. The van der Waals surface area contributed by atoms with Crippen LogP contribution in [-0.2, 0) is 16.1 Å². The molecule has 1 aromatic heterocycles. The fraction of sp³-hybridized carbons (Fsp3) is 0.478. The highest BCUT2D eigenvalue weighted by Gasteiger charge is 2.57. The number of rotatable bonds is 6. The number of likely N-dealkylation sites (tertiary alicyclic amines) is 1. The van der Waals surface area contributed by atoms with E-state index in [2.05, 4.69) is 5.10 Å². The van der Waals surface area contributed by atoms with Gasteiger partial charge in [-0.3, -0.25) is 19.2 Å². The van der Waals surface area contributed by atoms with Crippen molar-refractivity contribution in [2.45, 2.75) is 51.2 Å². The zero-order valence-electron chi connectivity index (χ0n) is 18.1. The maximum atomic E-state index is 13.3. The normalized spacial score (nSPS) is 19.4. The molecule has 8 nitrogen and oxygen atoms in total. The molecule has 0 radical (unpaired) electrons. The van der Waals surface area contributed by atoms with Gasteiger partial charge >= 0.3 is 6.03 Å². The van der Waals surface area contributed by atoms with Crippen LogP contribution in [0.1, 0.15) is 44.7 Å². The summed E-state index contributed by atoms with van der Waals surface area (Å²) in [6.45, 7) is 5.42. The predicted octanol–water partition coefficient (Wildman–Crippen LogP) is 2.68. The standard InChI is InChI=1S/C23H29N5O3/c1-3-19(28-14-8-13-24-28)20(29)25-15-11-23(12-16-25)21(30)26(4-2)22(31)27(23)17-18-9-6-5-7-10-18/h5-10,13-14,19H,3-4,11-12,15-17H2,1-2H3. The van der Waals surface area contributed by atoms with Crippen LogP contribution in [0.2, 0.25) is 0 Å². The van der Waals surface area contributed by atoms with Crippen LogP contribution in [-0.4, -0.2) is 67.5 Å². The van der Waals surface area contributed by atoms with E-state index in [1.807, 2.05) is 55.1 Å². The third-order valence-electron chi connectivity index (χ3n) is 6.54. The molecule has 0 saturated carbocycles. The minimum Gasteiger partial charge on any atom is -0.341 e. The summed E-state index contributed by atoms with van der Waals surface area (Å²) in [4.78, 5) is 44.5. The van der Waals surface area contributed by atoms with E-state index in [0.717, 1.165) is 5.56 Å². The van der Waals surface area contributed by atoms with Crippen molar-refractivity contribution in [1.82, 2.24) is 24.5 Å².